The van der Waals surface area contributed by atoms with Gasteiger partial charge in [-0.15, -0.1) is 0 Å². The molecule has 1 aliphatic rings. The van der Waals surface area contributed by atoms with Gasteiger partial charge in [-0.1, -0.05) is 31.8 Å². The molecule has 29 heavy (non-hydrogen) atoms. The quantitative estimate of drug-likeness (QED) is 0.689. The molecule has 1 aliphatic carbocycles. The van der Waals surface area contributed by atoms with E-state index in [4.69, 9.17) is 9.26 Å². The van der Waals surface area contributed by atoms with Crippen molar-refractivity contribution in [2.45, 2.75) is 65.5 Å². The van der Waals surface area contributed by atoms with Crippen molar-refractivity contribution in [2.75, 3.05) is 19.7 Å². The van der Waals surface area contributed by atoms with Gasteiger partial charge in [0.05, 0.1) is 13.2 Å². The van der Waals surface area contributed by atoms with Gasteiger partial charge in [-0.05, 0) is 63.5 Å². The first kappa shape index (κ1) is 21.3. The van der Waals surface area contributed by atoms with E-state index in [1.165, 1.54) is 0 Å². The average Bonchev–Trinajstić information content (AvgIpc) is 3.38. The summed E-state index contributed by atoms with van der Waals surface area (Å²) in [6.07, 6.45) is 3.70. The van der Waals surface area contributed by atoms with Crippen LogP contribution in [0.2, 0.25) is 0 Å². The molecule has 0 saturated heterocycles. The van der Waals surface area contributed by atoms with Gasteiger partial charge in [0, 0.05) is 5.56 Å². The molecule has 0 bridgehead atoms. The molecule has 158 valence electrons. The van der Waals surface area contributed by atoms with Crippen molar-refractivity contribution in [3.05, 3.63) is 41.0 Å². The Kier molecular flexibility index (Phi) is 6.90. The lowest BCUT2D eigenvalue weighted by atomic mass is 9.95. The third-order valence-corrected chi connectivity index (χ3v) is 5.70. The largest absolute Gasteiger partial charge is 0.494 e. The third-order valence-electron chi connectivity index (χ3n) is 5.70. The Morgan fingerprint density at radius 1 is 1.24 bits per heavy atom. The molecule has 0 unspecified atom stereocenters. The number of carbonyl (C=O) groups is 1. The summed E-state index contributed by atoms with van der Waals surface area (Å²) < 4.78 is 11.1. The summed E-state index contributed by atoms with van der Waals surface area (Å²) in [5, 5.41) is 7.47. The molecule has 1 heterocycles. The van der Waals surface area contributed by atoms with Crippen LogP contribution in [0.3, 0.4) is 0 Å². The van der Waals surface area contributed by atoms with E-state index in [1.807, 2.05) is 26.0 Å². The zero-order chi connectivity index (χ0) is 20.9. The fraction of sp³-hybridized carbons (Fsp3) is 0.591. The summed E-state index contributed by atoms with van der Waals surface area (Å²) in [6.45, 7) is 11.2. The lowest BCUT2D eigenvalue weighted by Gasteiger charge is -2.27. The Morgan fingerprint density at radius 2 is 1.97 bits per heavy atom. The summed E-state index contributed by atoms with van der Waals surface area (Å²) in [5.74, 6) is 1.88. The Balaban J connectivity index is 1.78. The normalized spacial score (nSPS) is 15.6. The van der Waals surface area contributed by atoms with Crippen LogP contribution in [0.4, 0.5) is 0 Å². The Bertz CT molecular complexity index is 823. The molecule has 0 spiro atoms. The molecule has 1 aromatic carbocycles. The predicted molar refractivity (Wildman–Crippen MR) is 111 cm³/mol. The highest BCUT2D eigenvalue weighted by Gasteiger charge is 2.41. The summed E-state index contributed by atoms with van der Waals surface area (Å²) in [6, 6.07) is 5.52. The van der Waals surface area contributed by atoms with Gasteiger partial charge in [-0.3, -0.25) is 9.69 Å². The van der Waals surface area contributed by atoms with E-state index >= 15 is 0 Å². The smallest absolute Gasteiger partial charge is 0.252 e. The lowest BCUT2D eigenvalue weighted by Crippen LogP contribution is -2.44. The minimum Gasteiger partial charge on any atom is -0.494 e. The number of hydrogen-bond acceptors (Lipinski definition) is 6. The Hall–Kier alpha value is -2.41. The maximum Gasteiger partial charge on any atom is 0.252 e. The molecule has 1 N–H and O–H groups in total. The van der Waals surface area contributed by atoms with Crippen LogP contribution in [0.5, 0.6) is 5.75 Å². The monoisotopic (exact) mass is 400 g/mol. The molecule has 1 amide bonds. The topological polar surface area (TPSA) is 80.5 Å². The van der Waals surface area contributed by atoms with Crippen molar-refractivity contribution < 1.29 is 14.1 Å². The van der Waals surface area contributed by atoms with Crippen LogP contribution in [0, 0.1) is 6.92 Å². The van der Waals surface area contributed by atoms with Crippen LogP contribution in [0.1, 0.15) is 74.1 Å². The Labute approximate surface area is 172 Å². The van der Waals surface area contributed by atoms with E-state index < -0.39 is 5.54 Å². The van der Waals surface area contributed by atoms with Gasteiger partial charge >= 0.3 is 0 Å². The van der Waals surface area contributed by atoms with Crippen LogP contribution in [-0.4, -0.2) is 40.6 Å². The van der Waals surface area contributed by atoms with E-state index in [1.54, 1.807) is 6.07 Å². The van der Waals surface area contributed by atoms with Crippen molar-refractivity contribution in [1.82, 2.24) is 20.4 Å². The molecule has 3 rings (SSSR count). The maximum atomic E-state index is 13.0. The molecular formula is C22H32N4O3. The number of amides is 1. The number of nitrogens with zero attached hydrogens (tertiary/aromatic N) is 3. The predicted octanol–water partition coefficient (Wildman–Crippen LogP) is 3.82. The highest BCUT2D eigenvalue weighted by atomic mass is 16.5. The molecule has 2 aromatic rings. The van der Waals surface area contributed by atoms with Crippen molar-refractivity contribution >= 4 is 5.91 Å². The molecule has 0 aliphatic heterocycles. The van der Waals surface area contributed by atoms with Crippen LogP contribution in [0.25, 0.3) is 0 Å². The van der Waals surface area contributed by atoms with Gasteiger partial charge in [-0.2, -0.15) is 4.98 Å². The minimum absolute atomic E-state index is 0.117. The summed E-state index contributed by atoms with van der Waals surface area (Å²) in [4.78, 5) is 19.9. The number of aryl methyl sites for hydroxylation is 1. The van der Waals surface area contributed by atoms with Gasteiger partial charge in [0.15, 0.2) is 5.82 Å². The van der Waals surface area contributed by atoms with Gasteiger partial charge in [-0.25, -0.2) is 0 Å². The number of rotatable bonds is 9. The van der Waals surface area contributed by atoms with Gasteiger partial charge in [0.2, 0.25) is 5.89 Å². The number of nitrogens with one attached hydrogen (secondary N) is 1. The SMILES string of the molecule is CCOc1ccc(C(=O)NC2(c3noc(CN(CC)CC)n3)CCCC2)cc1C. The first-order valence-electron chi connectivity index (χ1n) is 10.6. The second kappa shape index (κ2) is 9.39. The summed E-state index contributed by atoms with van der Waals surface area (Å²) >= 11 is 0. The van der Waals surface area contributed by atoms with Crippen LogP contribution >= 0.6 is 0 Å². The molecule has 0 atom stereocenters. The first-order chi connectivity index (χ1) is 14.0. The van der Waals surface area contributed by atoms with Crippen molar-refractivity contribution in [3.63, 3.8) is 0 Å². The molecule has 1 aromatic heterocycles. The number of ether oxygens (including phenoxy) is 1. The number of benzene rings is 1. The number of aromatic nitrogens is 2. The van der Waals surface area contributed by atoms with E-state index in [0.717, 1.165) is 50.1 Å². The second-order valence-electron chi connectivity index (χ2n) is 7.63. The van der Waals surface area contributed by atoms with E-state index in [2.05, 4.69) is 34.2 Å². The first-order valence-corrected chi connectivity index (χ1v) is 10.6. The van der Waals surface area contributed by atoms with Crippen LogP contribution < -0.4 is 10.1 Å². The second-order valence-corrected chi connectivity index (χ2v) is 7.63. The van der Waals surface area contributed by atoms with Crippen molar-refractivity contribution in [1.29, 1.82) is 0 Å². The van der Waals surface area contributed by atoms with Crippen LogP contribution in [0.15, 0.2) is 22.7 Å². The number of carbonyl (C=O) groups excluding carboxylic acids is 1. The molecule has 7 nitrogen and oxygen atoms in total. The van der Waals surface area contributed by atoms with Gasteiger partial charge in [0.1, 0.15) is 11.3 Å². The van der Waals surface area contributed by atoms with Crippen molar-refractivity contribution in [3.8, 4) is 5.75 Å². The highest BCUT2D eigenvalue weighted by molar-refractivity contribution is 5.95. The summed E-state index contributed by atoms with van der Waals surface area (Å²) in [7, 11) is 0. The van der Waals surface area contributed by atoms with Crippen molar-refractivity contribution in [2.24, 2.45) is 0 Å². The number of hydrogen-bond donors (Lipinski definition) is 1. The molecule has 7 heteroatoms. The fourth-order valence-corrected chi connectivity index (χ4v) is 3.93. The third kappa shape index (κ3) is 4.78. The molecule has 1 saturated carbocycles. The zero-order valence-corrected chi connectivity index (χ0v) is 18.0. The van der Waals surface area contributed by atoms with E-state index in [9.17, 15) is 4.79 Å². The van der Waals surface area contributed by atoms with Crippen LogP contribution in [-0.2, 0) is 12.1 Å². The Morgan fingerprint density at radius 3 is 2.59 bits per heavy atom. The fourth-order valence-electron chi connectivity index (χ4n) is 3.93. The zero-order valence-electron chi connectivity index (χ0n) is 18.0. The average molecular weight is 401 g/mol. The lowest BCUT2D eigenvalue weighted by molar-refractivity contribution is 0.0891. The molecule has 0 radical (unpaired) electrons. The van der Waals surface area contributed by atoms with Gasteiger partial charge in [0.25, 0.3) is 5.91 Å². The van der Waals surface area contributed by atoms with Gasteiger partial charge < -0.3 is 14.6 Å². The summed E-state index contributed by atoms with van der Waals surface area (Å²) in [5.41, 5.74) is 0.999. The standard InChI is InChI=1S/C22H32N4O3/c1-5-26(6-2)15-19-23-21(25-29-19)22(12-8-9-13-22)24-20(27)17-10-11-18(28-7-3)16(4)14-17/h10-11,14H,5-9,12-13,15H2,1-4H3,(H,24,27). The van der Waals surface area contributed by atoms with E-state index in [-0.39, 0.29) is 5.91 Å². The molecule has 1 fully saturated rings. The highest BCUT2D eigenvalue weighted by Crippen LogP contribution is 2.37. The maximum absolute atomic E-state index is 13.0. The minimum atomic E-state index is -0.561. The molecular weight excluding hydrogens is 368 g/mol. The van der Waals surface area contributed by atoms with E-state index in [0.29, 0.717) is 30.4 Å².